The number of rotatable bonds is 3. The Balaban J connectivity index is 2.24. The van der Waals surface area contributed by atoms with Gasteiger partial charge in [-0.05, 0) is 19.5 Å². The first kappa shape index (κ1) is 8.33. The van der Waals surface area contributed by atoms with Crippen LogP contribution in [0.5, 0.6) is 0 Å². The predicted octanol–water partition coefficient (Wildman–Crippen LogP) is 0.0746. The minimum atomic E-state index is 0.167. The molecule has 0 radical (unpaired) electrons. The fourth-order valence-electron chi connectivity index (χ4n) is 1.14. The van der Waals surface area contributed by atoms with E-state index in [4.69, 9.17) is 10.9 Å². The van der Waals surface area contributed by atoms with E-state index in [0.29, 0.717) is 5.84 Å². The summed E-state index contributed by atoms with van der Waals surface area (Å²) < 4.78 is 0. The van der Waals surface area contributed by atoms with E-state index in [1.54, 1.807) is 0 Å². The van der Waals surface area contributed by atoms with Crippen molar-refractivity contribution in [3.63, 3.8) is 0 Å². The van der Waals surface area contributed by atoms with Gasteiger partial charge in [-0.1, -0.05) is 12.1 Å². The van der Waals surface area contributed by atoms with Crippen molar-refractivity contribution in [2.75, 3.05) is 19.6 Å². The van der Waals surface area contributed by atoms with Crippen LogP contribution in [0.25, 0.3) is 0 Å². The van der Waals surface area contributed by atoms with Crippen molar-refractivity contribution in [1.29, 1.82) is 0 Å². The smallest absolute Gasteiger partial charge is 0.143 e. The monoisotopic (exact) mass is 157 g/mol. The Kier molecular flexibility index (Phi) is 2.70. The molecule has 1 atom stereocenters. The Morgan fingerprint density at radius 1 is 1.73 bits per heavy atom. The van der Waals surface area contributed by atoms with Crippen molar-refractivity contribution >= 4 is 5.84 Å². The van der Waals surface area contributed by atoms with Gasteiger partial charge in [0.15, 0.2) is 0 Å². The molecule has 11 heavy (non-hydrogen) atoms. The number of amidine groups is 1. The highest BCUT2D eigenvalue weighted by Gasteiger charge is 2.18. The van der Waals surface area contributed by atoms with E-state index in [1.165, 1.54) is 6.42 Å². The molecule has 0 aliphatic carbocycles. The maximum atomic E-state index is 8.35. The molecule has 0 bridgehead atoms. The first-order valence-electron chi connectivity index (χ1n) is 3.94. The lowest BCUT2D eigenvalue weighted by molar-refractivity contribution is 0.169. The normalized spacial score (nSPS) is 22.8. The highest BCUT2D eigenvalue weighted by Crippen LogP contribution is 2.08. The minimum Gasteiger partial charge on any atom is -0.409 e. The van der Waals surface area contributed by atoms with Crippen molar-refractivity contribution < 1.29 is 5.21 Å². The standard InChI is InChI=1S/C7H15N3O/c1-6(7(8)9-11)5-10-3-2-4-10/h6,11H,2-5H2,1H3,(H2,8,9). The maximum Gasteiger partial charge on any atom is 0.143 e. The van der Waals surface area contributed by atoms with Crippen LogP contribution in [0, 0.1) is 5.92 Å². The van der Waals surface area contributed by atoms with Gasteiger partial charge in [-0.3, -0.25) is 0 Å². The molecule has 4 heteroatoms. The summed E-state index contributed by atoms with van der Waals surface area (Å²) in [6.45, 7) is 5.19. The highest BCUT2D eigenvalue weighted by atomic mass is 16.4. The second-order valence-corrected chi connectivity index (χ2v) is 3.08. The van der Waals surface area contributed by atoms with Gasteiger partial charge in [-0.25, -0.2) is 0 Å². The number of nitrogens with zero attached hydrogens (tertiary/aromatic N) is 2. The summed E-state index contributed by atoms with van der Waals surface area (Å²) in [5.41, 5.74) is 5.42. The van der Waals surface area contributed by atoms with E-state index in [0.717, 1.165) is 19.6 Å². The van der Waals surface area contributed by atoms with Gasteiger partial charge in [-0.2, -0.15) is 0 Å². The molecule has 0 spiro atoms. The average molecular weight is 157 g/mol. The van der Waals surface area contributed by atoms with Crippen molar-refractivity contribution in [2.24, 2.45) is 16.8 Å². The lowest BCUT2D eigenvalue weighted by Gasteiger charge is -2.32. The molecule has 3 N–H and O–H groups in total. The van der Waals surface area contributed by atoms with Crippen molar-refractivity contribution in [3.8, 4) is 0 Å². The lowest BCUT2D eigenvalue weighted by Crippen LogP contribution is -2.42. The summed E-state index contributed by atoms with van der Waals surface area (Å²) in [6, 6.07) is 0. The summed E-state index contributed by atoms with van der Waals surface area (Å²) >= 11 is 0. The van der Waals surface area contributed by atoms with Crippen molar-refractivity contribution in [2.45, 2.75) is 13.3 Å². The van der Waals surface area contributed by atoms with E-state index in [9.17, 15) is 0 Å². The molecule has 0 aromatic rings. The number of hydrogen-bond donors (Lipinski definition) is 2. The van der Waals surface area contributed by atoms with Crippen LogP contribution in [0.1, 0.15) is 13.3 Å². The van der Waals surface area contributed by atoms with Crippen LogP contribution in [0.15, 0.2) is 5.16 Å². The molecule has 1 heterocycles. The molecule has 64 valence electrons. The van der Waals surface area contributed by atoms with Gasteiger partial charge in [0, 0.05) is 12.5 Å². The van der Waals surface area contributed by atoms with Crippen LogP contribution in [0.3, 0.4) is 0 Å². The summed E-state index contributed by atoms with van der Waals surface area (Å²) in [6.07, 6.45) is 1.28. The van der Waals surface area contributed by atoms with E-state index in [-0.39, 0.29) is 5.92 Å². The van der Waals surface area contributed by atoms with Gasteiger partial charge in [-0.15, -0.1) is 0 Å². The quantitative estimate of drug-likeness (QED) is 0.264. The van der Waals surface area contributed by atoms with Crippen LogP contribution in [0.2, 0.25) is 0 Å². The summed E-state index contributed by atoms with van der Waals surface area (Å²) in [5, 5.41) is 11.3. The molecular formula is C7H15N3O. The number of likely N-dealkylation sites (tertiary alicyclic amines) is 1. The predicted molar refractivity (Wildman–Crippen MR) is 43.6 cm³/mol. The summed E-state index contributed by atoms with van der Waals surface area (Å²) in [5.74, 6) is 0.497. The van der Waals surface area contributed by atoms with Crippen molar-refractivity contribution in [3.05, 3.63) is 0 Å². The third-order valence-electron chi connectivity index (χ3n) is 2.10. The molecule has 1 aliphatic rings. The van der Waals surface area contributed by atoms with Crippen LogP contribution in [-0.2, 0) is 0 Å². The zero-order valence-electron chi connectivity index (χ0n) is 6.82. The average Bonchev–Trinajstić information content (AvgIpc) is 1.94. The van der Waals surface area contributed by atoms with Crippen LogP contribution >= 0.6 is 0 Å². The van der Waals surface area contributed by atoms with Gasteiger partial charge in [0.25, 0.3) is 0 Å². The van der Waals surface area contributed by atoms with Crippen LogP contribution < -0.4 is 5.73 Å². The Bertz CT molecular complexity index is 154. The van der Waals surface area contributed by atoms with E-state index in [2.05, 4.69) is 10.1 Å². The largest absolute Gasteiger partial charge is 0.409 e. The summed E-state index contributed by atoms with van der Waals surface area (Å²) in [4.78, 5) is 2.29. The van der Waals surface area contributed by atoms with Crippen LogP contribution in [0.4, 0.5) is 0 Å². The Morgan fingerprint density at radius 2 is 2.36 bits per heavy atom. The fourth-order valence-corrected chi connectivity index (χ4v) is 1.14. The first-order chi connectivity index (χ1) is 5.24. The zero-order valence-corrected chi connectivity index (χ0v) is 6.82. The molecule has 1 saturated heterocycles. The number of nitrogens with two attached hydrogens (primary N) is 1. The molecule has 1 fully saturated rings. The molecule has 1 rings (SSSR count). The second kappa shape index (κ2) is 3.57. The van der Waals surface area contributed by atoms with E-state index >= 15 is 0 Å². The molecule has 0 aromatic carbocycles. The topological polar surface area (TPSA) is 61.8 Å². The molecule has 0 aromatic heterocycles. The van der Waals surface area contributed by atoms with Crippen LogP contribution in [-0.4, -0.2) is 35.6 Å². The molecule has 0 amide bonds. The fraction of sp³-hybridized carbons (Fsp3) is 0.857. The molecule has 1 unspecified atom stereocenters. The van der Waals surface area contributed by atoms with Gasteiger partial charge in [0.05, 0.1) is 0 Å². The Morgan fingerprint density at radius 3 is 2.73 bits per heavy atom. The molecule has 0 saturated carbocycles. The van der Waals surface area contributed by atoms with E-state index in [1.807, 2.05) is 6.92 Å². The van der Waals surface area contributed by atoms with Gasteiger partial charge < -0.3 is 15.8 Å². The Labute approximate surface area is 66.7 Å². The second-order valence-electron chi connectivity index (χ2n) is 3.08. The lowest BCUT2D eigenvalue weighted by atomic mass is 10.1. The third kappa shape index (κ3) is 2.08. The molecular weight excluding hydrogens is 142 g/mol. The van der Waals surface area contributed by atoms with Crippen molar-refractivity contribution in [1.82, 2.24) is 4.90 Å². The third-order valence-corrected chi connectivity index (χ3v) is 2.10. The zero-order chi connectivity index (χ0) is 8.27. The first-order valence-corrected chi connectivity index (χ1v) is 3.94. The van der Waals surface area contributed by atoms with Gasteiger partial charge in [0.1, 0.15) is 5.84 Å². The minimum absolute atomic E-state index is 0.167. The Hall–Kier alpha value is -0.770. The molecule has 4 nitrogen and oxygen atoms in total. The highest BCUT2D eigenvalue weighted by molar-refractivity contribution is 5.82. The maximum absolute atomic E-state index is 8.35. The molecule has 1 aliphatic heterocycles. The van der Waals surface area contributed by atoms with Gasteiger partial charge in [0.2, 0.25) is 0 Å². The van der Waals surface area contributed by atoms with E-state index < -0.39 is 0 Å². The SMILES string of the molecule is CC(CN1CCC1)/C(N)=N/O. The number of hydrogen-bond acceptors (Lipinski definition) is 3. The van der Waals surface area contributed by atoms with Gasteiger partial charge >= 0.3 is 0 Å². The summed E-state index contributed by atoms with van der Waals surface area (Å²) in [7, 11) is 0. The number of oxime groups is 1.